The molecule has 1 aliphatic rings. The Morgan fingerprint density at radius 3 is 2.00 bits per heavy atom. The van der Waals surface area contributed by atoms with Gasteiger partial charge in [-0.1, -0.05) is 24.6 Å². The van der Waals surface area contributed by atoms with E-state index in [-0.39, 0.29) is 0 Å². The molecule has 0 unspecified atom stereocenters. The minimum Gasteiger partial charge on any atom is -0.298 e. The van der Waals surface area contributed by atoms with Crippen molar-refractivity contribution in [1.82, 2.24) is 4.31 Å². The van der Waals surface area contributed by atoms with Gasteiger partial charge in [0.15, 0.2) is 0 Å². The van der Waals surface area contributed by atoms with Gasteiger partial charge in [0.2, 0.25) is 0 Å². The van der Waals surface area contributed by atoms with E-state index >= 15 is 0 Å². The molecule has 0 atom stereocenters. The second-order valence-corrected chi connectivity index (χ2v) is 4.53. The van der Waals surface area contributed by atoms with E-state index in [1.54, 1.807) is 16.7 Å². The molecule has 0 fully saturated rings. The van der Waals surface area contributed by atoms with Crippen molar-refractivity contribution in [3.63, 3.8) is 0 Å². The van der Waals surface area contributed by atoms with Crippen LogP contribution in [0.3, 0.4) is 0 Å². The van der Waals surface area contributed by atoms with Crippen molar-refractivity contribution in [2.24, 2.45) is 0 Å². The summed E-state index contributed by atoms with van der Waals surface area (Å²) in [6.07, 6.45) is 3.60. The standard InChI is InChI=1S/C4H5NS4/c6-3-1-5(8)2-4(7)9-3/h1-2,6-8H. The van der Waals surface area contributed by atoms with Crippen molar-refractivity contribution in [1.29, 1.82) is 0 Å². The summed E-state index contributed by atoms with van der Waals surface area (Å²) >= 11 is 13.8. The molecule has 1 heterocycles. The second kappa shape index (κ2) is 3.18. The zero-order valence-electron chi connectivity index (χ0n) is 4.35. The number of rotatable bonds is 0. The Morgan fingerprint density at radius 1 is 1.22 bits per heavy atom. The first-order valence-electron chi connectivity index (χ1n) is 2.15. The monoisotopic (exact) mass is 195 g/mol. The molecule has 1 rings (SSSR count). The highest BCUT2D eigenvalue weighted by atomic mass is 32.2. The van der Waals surface area contributed by atoms with Crippen LogP contribution in [-0.4, -0.2) is 4.31 Å². The lowest BCUT2D eigenvalue weighted by atomic mass is 10.9. The molecule has 0 radical (unpaired) electrons. The highest BCUT2D eigenvalue weighted by molar-refractivity contribution is 8.24. The Kier molecular flexibility index (Phi) is 2.75. The summed E-state index contributed by atoms with van der Waals surface area (Å²) in [5.41, 5.74) is 0. The average molecular weight is 195 g/mol. The predicted octanol–water partition coefficient (Wildman–Crippen LogP) is 2.34. The Balaban J connectivity index is 2.69. The molecule has 50 valence electrons. The molecule has 0 saturated carbocycles. The maximum Gasteiger partial charge on any atom is 0.0597 e. The predicted molar refractivity (Wildman–Crippen MR) is 52.6 cm³/mol. The second-order valence-electron chi connectivity index (χ2n) is 1.42. The van der Waals surface area contributed by atoms with Crippen LogP contribution in [0.2, 0.25) is 0 Å². The first-order valence-corrected chi connectivity index (χ1v) is 4.26. The first kappa shape index (κ1) is 7.78. The Hall–Kier alpha value is 0.680. The third kappa shape index (κ3) is 2.41. The van der Waals surface area contributed by atoms with Gasteiger partial charge in [-0.2, -0.15) is 0 Å². The molecule has 0 N–H and O–H groups in total. The van der Waals surface area contributed by atoms with Crippen molar-refractivity contribution in [3.8, 4) is 0 Å². The summed E-state index contributed by atoms with van der Waals surface area (Å²) in [6, 6.07) is 0. The fourth-order valence-corrected chi connectivity index (χ4v) is 2.59. The van der Waals surface area contributed by atoms with Crippen LogP contribution in [0.4, 0.5) is 0 Å². The lowest BCUT2D eigenvalue weighted by Crippen LogP contribution is -1.96. The lowest BCUT2D eigenvalue weighted by molar-refractivity contribution is 0.865. The van der Waals surface area contributed by atoms with E-state index in [0.717, 1.165) is 8.47 Å². The SMILES string of the molecule is SC1=CN(S)C=C(S)S1. The van der Waals surface area contributed by atoms with Crippen LogP contribution in [0, 0.1) is 0 Å². The first-order chi connectivity index (χ1) is 4.18. The fourth-order valence-electron chi connectivity index (χ4n) is 0.423. The maximum absolute atomic E-state index is 4.12. The number of nitrogens with zero attached hydrogens (tertiary/aromatic N) is 1. The Labute approximate surface area is 74.9 Å². The summed E-state index contributed by atoms with van der Waals surface area (Å²) < 4.78 is 3.43. The van der Waals surface area contributed by atoms with Gasteiger partial charge in [0.25, 0.3) is 0 Å². The average Bonchev–Trinajstić information content (AvgIpc) is 1.59. The van der Waals surface area contributed by atoms with Crippen LogP contribution < -0.4 is 0 Å². The van der Waals surface area contributed by atoms with Crippen LogP contribution in [0.25, 0.3) is 0 Å². The van der Waals surface area contributed by atoms with Crippen molar-refractivity contribution in [2.75, 3.05) is 0 Å². The van der Waals surface area contributed by atoms with Gasteiger partial charge in [-0.15, -0.1) is 25.3 Å². The van der Waals surface area contributed by atoms with Gasteiger partial charge in [-0.25, -0.2) is 0 Å². The summed E-state index contributed by atoms with van der Waals surface area (Å²) in [4.78, 5) is 0. The number of hydrogen-bond donors (Lipinski definition) is 3. The van der Waals surface area contributed by atoms with Crippen LogP contribution in [0.15, 0.2) is 20.9 Å². The smallest absolute Gasteiger partial charge is 0.0597 e. The van der Waals surface area contributed by atoms with Gasteiger partial charge < -0.3 is 0 Å². The summed E-state index contributed by atoms with van der Waals surface area (Å²) in [7, 11) is 0. The van der Waals surface area contributed by atoms with Crippen LogP contribution in [0.1, 0.15) is 0 Å². The molecule has 0 aromatic rings. The van der Waals surface area contributed by atoms with E-state index in [1.165, 1.54) is 11.8 Å². The van der Waals surface area contributed by atoms with Crippen molar-refractivity contribution < 1.29 is 0 Å². The zero-order chi connectivity index (χ0) is 6.85. The van der Waals surface area contributed by atoms with Gasteiger partial charge in [0.1, 0.15) is 0 Å². The van der Waals surface area contributed by atoms with E-state index in [2.05, 4.69) is 38.1 Å². The zero-order valence-corrected chi connectivity index (χ0v) is 7.85. The fraction of sp³-hybridized carbons (Fsp3) is 0. The van der Waals surface area contributed by atoms with Gasteiger partial charge >= 0.3 is 0 Å². The van der Waals surface area contributed by atoms with E-state index in [9.17, 15) is 0 Å². The van der Waals surface area contributed by atoms with Gasteiger partial charge in [0.05, 0.1) is 8.47 Å². The Morgan fingerprint density at radius 2 is 1.67 bits per heavy atom. The molecule has 0 spiro atoms. The molecule has 0 aliphatic carbocycles. The van der Waals surface area contributed by atoms with Crippen molar-refractivity contribution >= 4 is 49.8 Å². The molecular formula is C4H5NS4. The van der Waals surface area contributed by atoms with Crippen LogP contribution in [0.5, 0.6) is 0 Å². The molecule has 5 heteroatoms. The van der Waals surface area contributed by atoms with Crippen molar-refractivity contribution in [3.05, 3.63) is 20.9 Å². The highest BCUT2D eigenvalue weighted by Gasteiger charge is 2.03. The Bertz CT molecular complexity index is 155. The number of hydrogen-bond acceptors (Lipinski definition) is 5. The largest absolute Gasteiger partial charge is 0.298 e. The summed E-state index contributed by atoms with van der Waals surface area (Å²) in [6.45, 7) is 0. The van der Waals surface area contributed by atoms with E-state index in [4.69, 9.17) is 0 Å². The molecule has 0 aromatic carbocycles. The minimum absolute atomic E-state index is 0.900. The minimum atomic E-state index is 0.900. The molecular weight excluding hydrogens is 190 g/mol. The normalized spacial score (nSPS) is 19.2. The van der Waals surface area contributed by atoms with Crippen LogP contribution in [-0.2, 0) is 0 Å². The lowest BCUT2D eigenvalue weighted by Gasteiger charge is -2.13. The number of thiol groups is 3. The highest BCUT2D eigenvalue weighted by Crippen LogP contribution is 2.34. The third-order valence-electron chi connectivity index (χ3n) is 0.695. The van der Waals surface area contributed by atoms with Crippen LogP contribution >= 0.6 is 49.8 Å². The third-order valence-corrected chi connectivity index (χ3v) is 2.33. The topological polar surface area (TPSA) is 3.24 Å². The molecule has 0 saturated heterocycles. The molecule has 9 heavy (non-hydrogen) atoms. The van der Waals surface area contributed by atoms with Crippen molar-refractivity contribution in [2.45, 2.75) is 0 Å². The molecule has 0 bridgehead atoms. The maximum atomic E-state index is 4.12. The molecule has 0 aromatic heterocycles. The number of thioether (sulfide) groups is 1. The molecule has 1 nitrogen and oxygen atoms in total. The van der Waals surface area contributed by atoms with E-state index < -0.39 is 0 Å². The van der Waals surface area contributed by atoms with Gasteiger partial charge in [-0.3, -0.25) is 4.31 Å². The summed E-state index contributed by atoms with van der Waals surface area (Å²) in [5, 5.41) is 0. The molecule has 1 aliphatic heterocycles. The van der Waals surface area contributed by atoms with E-state index in [1.807, 2.05) is 0 Å². The van der Waals surface area contributed by atoms with Gasteiger partial charge in [0, 0.05) is 12.4 Å². The quantitative estimate of drug-likeness (QED) is 0.509. The van der Waals surface area contributed by atoms with E-state index in [0.29, 0.717) is 0 Å². The van der Waals surface area contributed by atoms with Gasteiger partial charge in [-0.05, 0) is 0 Å². The molecule has 0 amide bonds. The summed E-state index contributed by atoms with van der Waals surface area (Å²) in [5.74, 6) is 0.